The van der Waals surface area contributed by atoms with Gasteiger partial charge in [-0.25, -0.2) is 87.8 Å². The van der Waals surface area contributed by atoms with Crippen molar-refractivity contribution in [2.75, 3.05) is 0 Å². The quantitative estimate of drug-likeness (QED) is 0.0686. The second kappa shape index (κ2) is 14.5. The van der Waals surface area contributed by atoms with Gasteiger partial charge in [-0.1, -0.05) is 12.1 Å². The Kier molecular flexibility index (Phi) is 10.5. The molecule has 0 N–H and O–H groups in total. The van der Waals surface area contributed by atoms with Crippen molar-refractivity contribution >= 4 is 67.5 Å². The molecule has 0 unspecified atom stereocenters. The van der Waals surface area contributed by atoms with Crippen LogP contribution in [0.4, 0.5) is 87.8 Å². The molecule has 0 amide bonds. The van der Waals surface area contributed by atoms with Crippen molar-refractivity contribution in [1.82, 2.24) is 0 Å². The van der Waals surface area contributed by atoms with E-state index in [-0.39, 0.29) is 22.7 Å². The summed E-state index contributed by atoms with van der Waals surface area (Å²) in [5.74, 6) is -55.3. The number of thiophene rings is 2. The molecule has 4 aromatic carbocycles. The topological polar surface area (TPSA) is 0 Å². The predicted octanol–water partition coefficient (Wildman–Crippen LogP) is 7.29. The highest BCUT2D eigenvalue weighted by molar-refractivity contribution is 7.34. The summed E-state index contributed by atoms with van der Waals surface area (Å²) in [6, 6.07) is 2.72. The van der Waals surface area contributed by atoms with E-state index in [0.29, 0.717) is 12.1 Å². The van der Waals surface area contributed by atoms with Gasteiger partial charge in [-0.2, -0.15) is 0 Å². The van der Waals surface area contributed by atoms with Crippen LogP contribution in [0.25, 0.3) is 9.75 Å². The molecule has 0 aliphatic heterocycles. The fourth-order valence-electron chi connectivity index (χ4n) is 5.64. The van der Waals surface area contributed by atoms with Crippen molar-refractivity contribution in [1.29, 1.82) is 0 Å². The average molecular weight is 854 g/mol. The molecule has 0 aliphatic carbocycles. The van der Waals surface area contributed by atoms with Gasteiger partial charge in [-0.3, -0.25) is 0 Å². The molecule has 0 saturated heterocycles. The fraction of sp³-hybridized carbons (Fsp3) is 0. The molecule has 6 aromatic rings. The van der Waals surface area contributed by atoms with Gasteiger partial charge in [0.05, 0.1) is 0 Å². The summed E-state index contributed by atoms with van der Waals surface area (Å²) in [6.07, 6.45) is 0. The number of halogens is 20. The van der Waals surface area contributed by atoms with E-state index in [2.05, 4.69) is 0 Å². The summed E-state index contributed by atoms with van der Waals surface area (Å²) >= 11 is 0.0487. The van der Waals surface area contributed by atoms with Crippen LogP contribution >= 0.6 is 22.7 Å². The highest BCUT2D eigenvalue weighted by Gasteiger charge is 2.43. The van der Waals surface area contributed by atoms with Crippen LogP contribution in [-0.2, 0) is 0 Å². The second-order valence-corrected chi connectivity index (χ2v) is 13.4. The van der Waals surface area contributed by atoms with Crippen LogP contribution in [0.15, 0.2) is 24.3 Å². The summed E-state index contributed by atoms with van der Waals surface area (Å²) < 4.78 is 289. The average Bonchev–Trinajstić information content (AvgIpc) is 3.87. The summed E-state index contributed by atoms with van der Waals surface area (Å²) in [6.45, 7) is -6.12. The fourth-order valence-corrected chi connectivity index (χ4v) is 7.99. The molecule has 0 nitrogen and oxygen atoms in total. The van der Waals surface area contributed by atoms with Crippen LogP contribution < -0.4 is 31.4 Å². The van der Waals surface area contributed by atoms with E-state index in [0.717, 1.165) is 12.1 Å². The van der Waals surface area contributed by atoms with Crippen molar-refractivity contribution in [3.05, 3.63) is 141 Å². The summed E-state index contributed by atoms with van der Waals surface area (Å²) in [5, 5.41) is 0. The zero-order valence-corrected chi connectivity index (χ0v) is 27.5. The number of hydrogen-bond donors (Lipinski definition) is 0. The Labute approximate surface area is 305 Å². The molecule has 2 aromatic heterocycles. The molecule has 0 bridgehead atoms. The smallest absolute Gasteiger partial charge is 0.204 e. The maximum absolute atomic E-state index is 15.1. The van der Waals surface area contributed by atoms with Gasteiger partial charge in [0.1, 0.15) is 0 Å². The zero-order valence-electron chi connectivity index (χ0n) is 25.8. The van der Waals surface area contributed by atoms with E-state index in [1.54, 1.807) is 0 Å². The Morgan fingerprint density at radius 1 is 0.232 bits per heavy atom. The Hall–Kier alpha value is -4.99. The minimum absolute atomic E-state index is 0.0244. The molecule has 0 spiro atoms. The van der Waals surface area contributed by atoms with Crippen molar-refractivity contribution < 1.29 is 87.8 Å². The van der Waals surface area contributed by atoms with E-state index in [1.165, 1.54) is 0 Å². The number of benzene rings is 4. The van der Waals surface area contributed by atoms with Crippen LogP contribution in [0.2, 0.25) is 0 Å². The van der Waals surface area contributed by atoms with E-state index in [4.69, 9.17) is 0 Å². The van der Waals surface area contributed by atoms with Gasteiger partial charge in [-0.05, 0) is 21.7 Å². The van der Waals surface area contributed by atoms with E-state index < -0.39 is 171 Å². The van der Waals surface area contributed by atoms with E-state index >= 15 is 35.1 Å². The minimum Gasteiger partial charge on any atom is -0.204 e. The highest BCUT2D eigenvalue weighted by atomic mass is 32.1. The standard InChI is InChI=1S/C32H4B2F20S2/c35-13-9(14(36)22(44)29(51)21(13)43)33(10-15(37)23(45)30(52)24(46)16(10)38)7-3-1-5(55-7)6-2-4-8(56-6)34(11-17(39)25(47)31(53)26(48)18(11)40)12-19(41)27(49)32(54)28(50)20(12)42/h1-4H. The van der Waals surface area contributed by atoms with Crippen molar-refractivity contribution in [3.63, 3.8) is 0 Å². The number of hydrogen-bond acceptors (Lipinski definition) is 2. The van der Waals surface area contributed by atoms with Crippen molar-refractivity contribution in [3.8, 4) is 9.75 Å². The number of rotatable bonds is 7. The van der Waals surface area contributed by atoms with Gasteiger partial charge >= 0.3 is 0 Å². The second-order valence-electron chi connectivity index (χ2n) is 11.2. The largest absolute Gasteiger partial charge is 0.269 e. The molecule has 0 radical (unpaired) electrons. The van der Waals surface area contributed by atoms with Crippen molar-refractivity contribution in [2.45, 2.75) is 0 Å². The van der Waals surface area contributed by atoms with Crippen LogP contribution in [0, 0.1) is 116 Å². The predicted molar refractivity (Wildman–Crippen MR) is 162 cm³/mol. The van der Waals surface area contributed by atoms with Crippen LogP contribution in [0.1, 0.15) is 0 Å². The summed E-state index contributed by atoms with van der Waals surface area (Å²) in [5.41, 5.74) is -8.55. The lowest BCUT2D eigenvalue weighted by Gasteiger charge is -2.18. The first-order chi connectivity index (χ1) is 26.1. The third kappa shape index (κ3) is 6.02. The van der Waals surface area contributed by atoms with Gasteiger partial charge in [0.2, 0.25) is 0 Å². The van der Waals surface area contributed by atoms with Gasteiger partial charge in [0.15, 0.2) is 116 Å². The lowest BCUT2D eigenvalue weighted by Crippen LogP contribution is -2.57. The molecular weight excluding hydrogens is 850 g/mol. The van der Waals surface area contributed by atoms with Crippen LogP contribution in [0.5, 0.6) is 0 Å². The molecular formula is C32H4B2F20S2. The maximum Gasteiger partial charge on any atom is 0.269 e. The third-order valence-corrected chi connectivity index (χ3v) is 10.7. The molecule has 6 rings (SSSR count). The summed E-state index contributed by atoms with van der Waals surface area (Å²) in [7, 11) is 0. The molecule has 2 heterocycles. The Bertz CT molecular complexity index is 2200. The maximum atomic E-state index is 15.1. The first kappa shape index (κ1) is 40.7. The van der Waals surface area contributed by atoms with Gasteiger partial charge in [0, 0.05) is 31.6 Å². The van der Waals surface area contributed by atoms with Gasteiger partial charge in [0.25, 0.3) is 13.4 Å². The van der Waals surface area contributed by atoms with Crippen molar-refractivity contribution in [2.24, 2.45) is 0 Å². The Balaban J connectivity index is 1.60. The Morgan fingerprint density at radius 3 is 0.571 bits per heavy atom. The summed E-state index contributed by atoms with van der Waals surface area (Å²) in [4.78, 5) is -0.884. The van der Waals surface area contributed by atoms with Gasteiger partial charge in [-0.15, -0.1) is 22.7 Å². The van der Waals surface area contributed by atoms with Crippen LogP contribution in [-0.4, -0.2) is 13.4 Å². The van der Waals surface area contributed by atoms with E-state index in [1.807, 2.05) is 0 Å². The highest BCUT2D eigenvalue weighted by Crippen LogP contribution is 2.30. The lowest BCUT2D eigenvalue weighted by atomic mass is 9.39. The lowest BCUT2D eigenvalue weighted by molar-refractivity contribution is 0.382. The third-order valence-electron chi connectivity index (χ3n) is 8.20. The molecule has 24 heteroatoms. The molecule has 0 saturated carbocycles. The van der Waals surface area contributed by atoms with Gasteiger partial charge < -0.3 is 0 Å². The monoisotopic (exact) mass is 854 g/mol. The molecule has 0 fully saturated rings. The SMILES string of the molecule is Fc1c(F)c(F)c(B(c2ccc(-c3ccc(B(c4c(F)c(F)c(F)c(F)c4F)c4c(F)c(F)c(F)c(F)c4F)s3)s2)c2c(F)c(F)c(F)c(F)c2F)c(F)c1F. The zero-order chi connectivity index (χ0) is 41.6. The molecule has 0 aliphatic rings. The Morgan fingerprint density at radius 2 is 0.393 bits per heavy atom. The van der Waals surface area contributed by atoms with Crippen LogP contribution in [0.3, 0.4) is 0 Å². The van der Waals surface area contributed by atoms with E-state index in [9.17, 15) is 52.7 Å². The molecule has 56 heavy (non-hydrogen) atoms. The first-order valence-corrected chi connectivity index (χ1v) is 16.0. The molecule has 290 valence electrons. The minimum atomic E-state index is -3.06. The first-order valence-electron chi connectivity index (χ1n) is 14.4. The normalized spacial score (nSPS) is 11.6. The molecule has 0 atom stereocenters.